The first-order valence-corrected chi connectivity index (χ1v) is 6.02. The summed E-state index contributed by atoms with van der Waals surface area (Å²) in [7, 11) is 0. The van der Waals surface area contributed by atoms with Gasteiger partial charge in [0.15, 0.2) is 6.10 Å². The fraction of sp³-hybridized carbons (Fsp3) is 0.0714. The van der Waals surface area contributed by atoms with E-state index < -0.39 is 23.7 Å². The van der Waals surface area contributed by atoms with E-state index in [4.69, 9.17) is 0 Å². The number of benzene rings is 2. The second kappa shape index (κ2) is 3.43. The minimum absolute atomic E-state index is 0.326. The number of Topliss-reactive ketones (excluding diaryl/α,β-unsaturated/α-hetero) is 1. The van der Waals surface area contributed by atoms with Gasteiger partial charge in [-0.2, -0.15) is 0 Å². The number of aliphatic hydroxyl groups excluding tert-OH is 1. The molecule has 3 N–H and O–H groups in total. The zero-order valence-corrected chi connectivity index (χ0v) is 10.1. The minimum Gasteiger partial charge on any atom is -0.378 e. The monoisotopic (exact) mass is 268 g/mol. The van der Waals surface area contributed by atoms with Gasteiger partial charge in [0, 0.05) is 16.3 Å². The van der Waals surface area contributed by atoms with Gasteiger partial charge in [0.05, 0.1) is 16.9 Å². The number of ketones is 1. The Morgan fingerprint density at radius 2 is 1.60 bits per heavy atom. The molecular formula is C14H8N2O4. The SMILES string of the molecule is O=C1Nc2c(ccc3c4c(ccc23)C(O)C(=O)N4)C1=O. The summed E-state index contributed by atoms with van der Waals surface area (Å²) < 4.78 is 0. The lowest BCUT2D eigenvalue weighted by Crippen LogP contribution is -2.12. The van der Waals surface area contributed by atoms with E-state index in [2.05, 4.69) is 10.6 Å². The summed E-state index contributed by atoms with van der Waals surface area (Å²) in [6.45, 7) is 0. The topological polar surface area (TPSA) is 95.5 Å². The van der Waals surface area contributed by atoms with Crippen molar-refractivity contribution in [3.63, 3.8) is 0 Å². The van der Waals surface area contributed by atoms with E-state index in [0.717, 1.165) is 0 Å². The van der Waals surface area contributed by atoms with E-state index in [-0.39, 0.29) is 0 Å². The van der Waals surface area contributed by atoms with E-state index in [9.17, 15) is 19.5 Å². The predicted molar refractivity (Wildman–Crippen MR) is 70.5 cm³/mol. The molecule has 0 spiro atoms. The maximum absolute atomic E-state index is 11.7. The van der Waals surface area contributed by atoms with Gasteiger partial charge in [-0.15, -0.1) is 0 Å². The molecule has 0 radical (unpaired) electrons. The average Bonchev–Trinajstić information content (AvgIpc) is 2.89. The van der Waals surface area contributed by atoms with Crippen LogP contribution in [0.4, 0.5) is 11.4 Å². The molecule has 1 atom stereocenters. The fourth-order valence-electron chi connectivity index (χ4n) is 2.74. The lowest BCUT2D eigenvalue weighted by atomic mass is 9.99. The largest absolute Gasteiger partial charge is 0.378 e. The molecule has 0 saturated heterocycles. The number of aliphatic hydroxyl groups is 1. The van der Waals surface area contributed by atoms with Crippen molar-refractivity contribution < 1.29 is 19.5 Å². The predicted octanol–water partition coefficient (Wildman–Crippen LogP) is 0.960. The summed E-state index contributed by atoms with van der Waals surface area (Å²) in [5, 5.41) is 16.3. The third kappa shape index (κ3) is 1.18. The third-order valence-corrected chi connectivity index (χ3v) is 3.71. The molecule has 2 aromatic rings. The number of anilines is 2. The summed E-state index contributed by atoms with van der Waals surface area (Å²) in [6.07, 6.45) is -1.18. The highest BCUT2D eigenvalue weighted by Gasteiger charge is 2.33. The molecule has 0 saturated carbocycles. The van der Waals surface area contributed by atoms with Gasteiger partial charge >= 0.3 is 0 Å². The molecule has 2 amide bonds. The Kier molecular flexibility index (Phi) is 1.91. The van der Waals surface area contributed by atoms with Crippen molar-refractivity contribution in [1.29, 1.82) is 0 Å². The molecule has 0 fully saturated rings. The molecule has 20 heavy (non-hydrogen) atoms. The van der Waals surface area contributed by atoms with E-state index in [0.29, 0.717) is 33.3 Å². The summed E-state index contributed by atoms with van der Waals surface area (Å²) in [6, 6.07) is 6.53. The van der Waals surface area contributed by atoms with Gasteiger partial charge in [-0.25, -0.2) is 0 Å². The first-order valence-electron chi connectivity index (χ1n) is 6.02. The number of hydrogen-bond acceptors (Lipinski definition) is 4. The van der Waals surface area contributed by atoms with Gasteiger partial charge in [-0.3, -0.25) is 14.4 Å². The summed E-state index contributed by atoms with van der Waals surface area (Å²) in [5.41, 5.74) is 1.80. The highest BCUT2D eigenvalue weighted by atomic mass is 16.3. The average molecular weight is 268 g/mol. The molecule has 0 bridgehead atoms. The van der Waals surface area contributed by atoms with Crippen molar-refractivity contribution in [3.05, 3.63) is 35.4 Å². The zero-order valence-electron chi connectivity index (χ0n) is 10.1. The van der Waals surface area contributed by atoms with Gasteiger partial charge in [-0.05, 0) is 6.07 Å². The van der Waals surface area contributed by atoms with Crippen LogP contribution in [-0.2, 0) is 9.59 Å². The lowest BCUT2D eigenvalue weighted by Gasteiger charge is -2.08. The van der Waals surface area contributed by atoms with Crippen LogP contribution in [0.5, 0.6) is 0 Å². The van der Waals surface area contributed by atoms with Crippen molar-refractivity contribution in [2.75, 3.05) is 10.6 Å². The van der Waals surface area contributed by atoms with Crippen molar-refractivity contribution in [1.82, 2.24) is 0 Å². The van der Waals surface area contributed by atoms with Crippen LogP contribution in [0.3, 0.4) is 0 Å². The van der Waals surface area contributed by atoms with Gasteiger partial charge in [0.2, 0.25) is 0 Å². The van der Waals surface area contributed by atoms with E-state index >= 15 is 0 Å². The molecule has 2 heterocycles. The Morgan fingerprint density at radius 3 is 2.40 bits per heavy atom. The fourth-order valence-corrected chi connectivity index (χ4v) is 2.74. The molecule has 6 heteroatoms. The zero-order chi connectivity index (χ0) is 14.0. The number of nitrogens with one attached hydrogen (secondary N) is 2. The second-order valence-corrected chi connectivity index (χ2v) is 4.79. The third-order valence-electron chi connectivity index (χ3n) is 3.71. The van der Waals surface area contributed by atoms with Crippen LogP contribution in [0.1, 0.15) is 22.0 Å². The summed E-state index contributed by atoms with van der Waals surface area (Å²) in [5.74, 6) is -1.70. The Balaban J connectivity index is 2.06. The van der Waals surface area contributed by atoms with Gasteiger partial charge in [0.1, 0.15) is 0 Å². The number of rotatable bonds is 0. The Morgan fingerprint density at radius 1 is 0.900 bits per heavy atom. The number of carbonyl (C=O) groups is 3. The Labute approximate surface area is 112 Å². The van der Waals surface area contributed by atoms with Crippen LogP contribution in [0.2, 0.25) is 0 Å². The highest BCUT2D eigenvalue weighted by molar-refractivity contribution is 6.53. The second-order valence-electron chi connectivity index (χ2n) is 4.79. The smallest absolute Gasteiger partial charge is 0.296 e. The van der Waals surface area contributed by atoms with Gasteiger partial charge in [0.25, 0.3) is 17.6 Å². The molecule has 2 aliphatic rings. The van der Waals surface area contributed by atoms with E-state index in [1.165, 1.54) is 0 Å². The number of carbonyl (C=O) groups excluding carboxylic acids is 3. The molecule has 98 valence electrons. The molecular weight excluding hydrogens is 260 g/mol. The lowest BCUT2D eigenvalue weighted by molar-refractivity contribution is -0.123. The number of hydrogen-bond donors (Lipinski definition) is 3. The molecule has 6 nitrogen and oxygen atoms in total. The van der Waals surface area contributed by atoms with Crippen molar-refractivity contribution >= 4 is 39.7 Å². The van der Waals surface area contributed by atoms with Crippen molar-refractivity contribution in [3.8, 4) is 0 Å². The summed E-state index contributed by atoms with van der Waals surface area (Å²) >= 11 is 0. The quantitative estimate of drug-likeness (QED) is 0.620. The van der Waals surface area contributed by atoms with Crippen LogP contribution < -0.4 is 10.6 Å². The minimum atomic E-state index is -1.18. The molecule has 0 aromatic heterocycles. The van der Waals surface area contributed by atoms with E-state index in [1.807, 2.05) is 0 Å². The van der Waals surface area contributed by atoms with Gasteiger partial charge in [-0.1, -0.05) is 18.2 Å². The number of amides is 2. The molecule has 1 unspecified atom stereocenters. The number of fused-ring (bicyclic) bond motifs is 5. The van der Waals surface area contributed by atoms with Crippen LogP contribution >= 0.6 is 0 Å². The molecule has 0 aliphatic carbocycles. The van der Waals surface area contributed by atoms with Crippen LogP contribution in [-0.4, -0.2) is 22.7 Å². The first-order chi connectivity index (χ1) is 9.58. The molecule has 4 rings (SSSR count). The Bertz CT molecular complexity index is 841. The van der Waals surface area contributed by atoms with Crippen LogP contribution in [0.15, 0.2) is 24.3 Å². The highest BCUT2D eigenvalue weighted by Crippen LogP contribution is 2.41. The first kappa shape index (κ1) is 11.1. The molecule has 2 aromatic carbocycles. The summed E-state index contributed by atoms with van der Waals surface area (Å²) in [4.78, 5) is 34.6. The standard InChI is InChI=1S/C14H8N2O4/c17-11-7-3-1-5-6(10(7)16-13(11)19)2-4-8-9(5)15-14(20)12(8)18/h1-4,11,17H,(H,16,19)(H,15,18,20). The van der Waals surface area contributed by atoms with E-state index in [1.54, 1.807) is 24.3 Å². The van der Waals surface area contributed by atoms with Crippen molar-refractivity contribution in [2.45, 2.75) is 6.10 Å². The maximum atomic E-state index is 11.7. The van der Waals surface area contributed by atoms with Crippen LogP contribution in [0, 0.1) is 0 Å². The van der Waals surface area contributed by atoms with Crippen LogP contribution in [0.25, 0.3) is 10.8 Å². The molecule has 2 aliphatic heterocycles. The van der Waals surface area contributed by atoms with Gasteiger partial charge < -0.3 is 15.7 Å². The maximum Gasteiger partial charge on any atom is 0.296 e. The van der Waals surface area contributed by atoms with Crippen molar-refractivity contribution in [2.24, 2.45) is 0 Å². The Hall–Kier alpha value is -2.73. The normalized spacial score (nSPS) is 19.9.